The fourth-order valence-electron chi connectivity index (χ4n) is 2.61. The standard InChI is InChI=1S/C13H16N2O3S/c16-19(17)11-8-14-10-6-7-18-13(10)12(11)15-9-4-2-1-3-5-9/h6-9H,1-5H2,(H,14,15)(H,16,17)/p-1. The molecule has 19 heavy (non-hydrogen) atoms. The molecule has 2 heterocycles. The van der Waals surface area contributed by atoms with Crippen LogP contribution in [0, 0.1) is 0 Å². The summed E-state index contributed by atoms with van der Waals surface area (Å²) in [7, 11) is 0. The first-order chi connectivity index (χ1) is 9.25. The average Bonchev–Trinajstić information content (AvgIpc) is 2.88. The molecule has 1 saturated carbocycles. The zero-order valence-electron chi connectivity index (χ0n) is 10.4. The number of fused-ring (bicyclic) bond motifs is 1. The SMILES string of the molecule is O=S([O-])c1cnc2ccoc2c1NC1CCCCC1. The Morgan fingerprint density at radius 2 is 2.16 bits per heavy atom. The maximum Gasteiger partial charge on any atom is 0.176 e. The van der Waals surface area contributed by atoms with E-state index < -0.39 is 11.1 Å². The normalized spacial score (nSPS) is 18.6. The van der Waals surface area contributed by atoms with Crippen LogP contribution in [0.15, 0.2) is 27.8 Å². The molecule has 1 aliphatic rings. The van der Waals surface area contributed by atoms with Crippen molar-refractivity contribution in [3.05, 3.63) is 18.5 Å². The summed E-state index contributed by atoms with van der Waals surface area (Å²) < 4.78 is 28.0. The molecule has 1 atom stereocenters. The molecule has 6 heteroatoms. The molecule has 0 spiro atoms. The predicted molar refractivity (Wildman–Crippen MR) is 71.7 cm³/mol. The van der Waals surface area contributed by atoms with E-state index >= 15 is 0 Å². The van der Waals surface area contributed by atoms with Gasteiger partial charge in [0.15, 0.2) is 5.58 Å². The monoisotopic (exact) mass is 279 g/mol. The van der Waals surface area contributed by atoms with Gasteiger partial charge in [-0.2, -0.15) is 0 Å². The van der Waals surface area contributed by atoms with Crippen molar-refractivity contribution in [2.45, 2.75) is 43.0 Å². The first-order valence-corrected chi connectivity index (χ1v) is 7.55. The maximum atomic E-state index is 11.3. The van der Waals surface area contributed by atoms with Crippen LogP contribution in [0.4, 0.5) is 5.69 Å². The zero-order valence-corrected chi connectivity index (χ0v) is 11.2. The van der Waals surface area contributed by atoms with Gasteiger partial charge >= 0.3 is 0 Å². The Morgan fingerprint density at radius 3 is 2.89 bits per heavy atom. The Labute approximate surface area is 113 Å². The van der Waals surface area contributed by atoms with Crippen molar-refractivity contribution in [1.29, 1.82) is 0 Å². The van der Waals surface area contributed by atoms with Crippen LogP contribution in [0.25, 0.3) is 11.1 Å². The molecule has 0 aliphatic heterocycles. The van der Waals surface area contributed by atoms with Gasteiger partial charge in [0.25, 0.3) is 0 Å². The average molecular weight is 279 g/mol. The molecule has 0 saturated heterocycles. The molecule has 1 unspecified atom stereocenters. The van der Waals surface area contributed by atoms with Crippen LogP contribution in [0.3, 0.4) is 0 Å². The summed E-state index contributed by atoms with van der Waals surface area (Å²) >= 11 is -2.32. The lowest BCUT2D eigenvalue weighted by Crippen LogP contribution is -2.23. The highest BCUT2D eigenvalue weighted by Gasteiger charge is 2.18. The van der Waals surface area contributed by atoms with Gasteiger partial charge < -0.3 is 14.3 Å². The summed E-state index contributed by atoms with van der Waals surface area (Å²) in [5.41, 5.74) is 1.75. The van der Waals surface area contributed by atoms with Gasteiger partial charge in [0.1, 0.15) is 5.52 Å². The molecule has 0 aromatic carbocycles. The molecule has 2 aromatic heterocycles. The Balaban J connectivity index is 2.00. The molecule has 102 valence electrons. The molecule has 5 nitrogen and oxygen atoms in total. The van der Waals surface area contributed by atoms with E-state index in [0.717, 1.165) is 12.8 Å². The first-order valence-electron chi connectivity index (χ1n) is 6.47. The molecule has 0 bridgehead atoms. The van der Waals surface area contributed by atoms with Gasteiger partial charge in [0, 0.05) is 18.3 Å². The minimum Gasteiger partial charge on any atom is -0.768 e. The second-order valence-electron chi connectivity index (χ2n) is 4.85. The third-order valence-electron chi connectivity index (χ3n) is 3.57. The van der Waals surface area contributed by atoms with Gasteiger partial charge in [-0.25, -0.2) is 0 Å². The highest BCUT2D eigenvalue weighted by Crippen LogP contribution is 2.31. The van der Waals surface area contributed by atoms with E-state index in [9.17, 15) is 8.76 Å². The van der Waals surface area contributed by atoms with E-state index in [4.69, 9.17) is 4.42 Å². The summed E-state index contributed by atoms with van der Waals surface area (Å²) in [5, 5.41) is 3.33. The third-order valence-corrected chi connectivity index (χ3v) is 4.24. The lowest BCUT2D eigenvalue weighted by molar-refractivity contribution is 0.461. The minimum absolute atomic E-state index is 0.174. The first kappa shape index (κ1) is 12.6. The smallest absolute Gasteiger partial charge is 0.176 e. The van der Waals surface area contributed by atoms with E-state index in [-0.39, 0.29) is 4.90 Å². The molecule has 2 aromatic rings. The Hall–Kier alpha value is -1.40. The number of aromatic nitrogens is 1. The van der Waals surface area contributed by atoms with E-state index in [1.165, 1.54) is 31.7 Å². The number of furan rings is 1. The van der Waals surface area contributed by atoms with E-state index in [1.807, 2.05) is 0 Å². The van der Waals surface area contributed by atoms with Crippen LogP contribution in [-0.2, 0) is 11.1 Å². The lowest BCUT2D eigenvalue weighted by atomic mass is 9.95. The number of anilines is 1. The van der Waals surface area contributed by atoms with Crippen LogP contribution < -0.4 is 5.32 Å². The molecule has 0 radical (unpaired) electrons. The number of hydrogen-bond donors (Lipinski definition) is 1. The van der Waals surface area contributed by atoms with Crippen LogP contribution in [-0.4, -0.2) is 19.8 Å². The van der Waals surface area contributed by atoms with Crippen LogP contribution in [0.5, 0.6) is 0 Å². The fourth-order valence-corrected chi connectivity index (χ4v) is 3.07. The van der Waals surface area contributed by atoms with E-state index in [1.54, 1.807) is 6.07 Å². The number of hydrogen-bond acceptors (Lipinski definition) is 5. The minimum atomic E-state index is -2.32. The van der Waals surface area contributed by atoms with E-state index in [0.29, 0.717) is 22.8 Å². The van der Waals surface area contributed by atoms with Crippen molar-refractivity contribution < 1.29 is 13.2 Å². The topological polar surface area (TPSA) is 78.2 Å². The van der Waals surface area contributed by atoms with Crippen molar-refractivity contribution in [3.63, 3.8) is 0 Å². The van der Waals surface area contributed by atoms with Gasteiger partial charge in [-0.3, -0.25) is 9.19 Å². The van der Waals surface area contributed by atoms with Crippen molar-refractivity contribution >= 4 is 27.9 Å². The summed E-state index contributed by atoms with van der Waals surface area (Å²) in [6, 6.07) is 2.05. The quantitative estimate of drug-likeness (QED) is 0.874. The molecule has 1 aliphatic carbocycles. The number of nitrogens with one attached hydrogen (secondary N) is 1. The fraction of sp³-hybridized carbons (Fsp3) is 0.462. The second-order valence-corrected chi connectivity index (χ2v) is 5.76. The zero-order chi connectivity index (χ0) is 13.2. The summed E-state index contributed by atoms with van der Waals surface area (Å²) in [6.45, 7) is 0. The van der Waals surface area contributed by atoms with E-state index in [2.05, 4.69) is 10.3 Å². The van der Waals surface area contributed by atoms with Crippen LogP contribution >= 0.6 is 0 Å². The summed E-state index contributed by atoms with van der Waals surface area (Å²) in [5.74, 6) is 0. The molecule has 1 N–H and O–H groups in total. The van der Waals surface area contributed by atoms with Crippen molar-refractivity contribution in [2.24, 2.45) is 0 Å². The molecule has 0 amide bonds. The second kappa shape index (κ2) is 5.30. The number of pyridine rings is 1. The summed E-state index contributed by atoms with van der Waals surface area (Å²) in [4.78, 5) is 4.26. The number of rotatable bonds is 3. The molecular weight excluding hydrogens is 264 g/mol. The Morgan fingerprint density at radius 1 is 1.37 bits per heavy atom. The maximum absolute atomic E-state index is 11.3. The van der Waals surface area contributed by atoms with Crippen molar-refractivity contribution in [3.8, 4) is 0 Å². The van der Waals surface area contributed by atoms with Gasteiger partial charge in [-0.15, -0.1) is 0 Å². The highest BCUT2D eigenvalue weighted by atomic mass is 32.2. The largest absolute Gasteiger partial charge is 0.768 e. The molecular formula is C13H15N2O3S-. The predicted octanol–water partition coefficient (Wildman–Crippen LogP) is 2.81. The van der Waals surface area contributed by atoms with Crippen LogP contribution in [0.2, 0.25) is 0 Å². The van der Waals surface area contributed by atoms with Gasteiger partial charge in [-0.1, -0.05) is 19.3 Å². The Bertz CT molecular complexity index is 605. The molecule has 1 fully saturated rings. The van der Waals surface area contributed by atoms with Gasteiger partial charge in [0.05, 0.1) is 16.8 Å². The third kappa shape index (κ3) is 2.50. The number of nitrogens with zero attached hydrogens (tertiary/aromatic N) is 1. The summed E-state index contributed by atoms with van der Waals surface area (Å²) in [6.07, 6.45) is 8.66. The Kier molecular flexibility index (Phi) is 3.52. The lowest BCUT2D eigenvalue weighted by Gasteiger charge is -2.25. The highest BCUT2D eigenvalue weighted by molar-refractivity contribution is 7.79. The van der Waals surface area contributed by atoms with Gasteiger partial charge in [-0.05, 0) is 23.9 Å². The van der Waals surface area contributed by atoms with Crippen LogP contribution in [0.1, 0.15) is 32.1 Å². The molecule has 3 rings (SSSR count). The van der Waals surface area contributed by atoms with Crippen molar-refractivity contribution in [2.75, 3.05) is 5.32 Å². The van der Waals surface area contributed by atoms with Gasteiger partial charge in [0.2, 0.25) is 0 Å². The van der Waals surface area contributed by atoms with Crippen molar-refractivity contribution in [1.82, 2.24) is 4.98 Å².